The molecule has 1 aliphatic rings. The van der Waals surface area contributed by atoms with E-state index in [2.05, 4.69) is 10.6 Å². The Kier molecular flexibility index (Phi) is 6.22. The standard InChI is InChI=1S/C25H19Cl2N3O3/c1-14-10-11-18(13-19(14)26)29-23(31)16-7-5-8-17(12-16)28-22-21(27)24(32)30(25(22)33)20-9-4-3-6-15(20)2/h3-13,28H,1-2H3,(H,29,31). The van der Waals surface area contributed by atoms with Crippen LogP contribution < -0.4 is 15.5 Å². The number of para-hydroxylation sites is 1. The van der Waals surface area contributed by atoms with Crippen LogP contribution in [0.5, 0.6) is 0 Å². The predicted octanol–water partition coefficient (Wildman–Crippen LogP) is 5.64. The van der Waals surface area contributed by atoms with Gasteiger partial charge in [0.15, 0.2) is 0 Å². The van der Waals surface area contributed by atoms with Gasteiger partial charge in [0.2, 0.25) is 0 Å². The summed E-state index contributed by atoms with van der Waals surface area (Å²) in [5.74, 6) is -1.53. The SMILES string of the molecule is Cc1ccc(NC(=O)c2cccc(NC3=C(Cl)C(=O)N(c4ccccc4C)C3=O)c2)cc1Cl. The van der Waals surface area contributed by atoms with Crippen molar-refractivity contribution in [1.82, 2.24) is 0 Å². The molecule has 0 fully saturated rings. The highest BCUT2D eigenvalue weighted by Gasteiger charge is 2.39. The lowest BCUT2D eigenvalue weighted by Gasteiger charge is -2.17. The summed E-state index contributed by atoms with van der Waals surface area (Å²) in [5, 5.41) is 6.02. The average molecular weight is 480 g/mol. The lowest BCUT2D eigenvalue weighted by atomic mass is 10.1. The molecular weight excluding hydrogens is 461 g/mol. The molecule has 0 aromatic heterocycles. The van der Waals surface area contributed by atoms with Crippen molar-refractivity contribution in [2.45, 2.75) is 13.8 Å². The molecule has 8 heteroatoms. The molecule has 0 aliphatic carbocycles. The van der Waals surface area contributed by atoms with Crippen molar-refractivity contribution in [3.8, 4) is 0 Å². The van der Waals surface area contributed by atoms with Crippen LogP contribution in [0, 0.1) is 13.8 Å². The molecular formula is C25H19Cl2N3O3. The number of anilines is 3. The lowest BCUT2D eigenvalue weighted by molar-refractivity contribution is -0.120. The minimum atomic E-state index is -0.608. The molecule has 0 saturated heterocycles. The first-order valence-corrected chi connectivity index (χ1v) is 10.8. The fourth-order valence-corrected chi connectivity index (χ4v) is 3.79. The molecule has 0 bridgehead atoms. The Morgan fingerprint density at radius 2 is 1.58 bits per heavy atom. The summed E-state index contributed by atoms with van der Waals surface area (Å²) in [4.78, 5) is 39.5. The van der Waals surface area contributed by atoms with E-state index in [1.165, 1.54) is 0 Å². The Balaban J connectivity index is 1.55. The van der Waals surface area contributed by atoms with Gasteiger partial charge in [0.25, 0.3) is 17.7 Å². The van der Waals surface area contributed by atoms with Gasteiger partial charge in [-0.1, -0.05) is 53.5 Å². The maximum Gasteiger partial charge on any atom is 0.283 e. The van der Waals surface area contributed by atoms with Crippen molar-refractivity contribution in [3.05, 3.63) is 99.2 Å². The van der Waals surface area contributed by atoms with Gasteiger partial charge < -0.3 is 10.6 Å². The largest absolute Gasteiger partial charge is 0.350 e. The number of hydrogen-bond donors (Lipinski definition) is 2. The molecule has 3 amide bonds. The number of rotatable bonds is 5. The maximum absolute atomic E-state index is 13.0. The zero-order valence-electron chi connectivity index (χ0n) is 17.8. The summed E-state index contributed by atoms with van der Waals surface area (Å²) in [6, 6.07) is 18.8. The molecule has 0 saturated carbocycles. The van der Waals surface area contributed by atoms with E-state index in [-0.39, 0.29) is 16.6 Å². The first-order valence-electron chi connectivity index (χ1n) is 10.0. The van der Waals surface area contributed by atoms with E-state index in [9.17, 15) is 14.4 Å². The summed E-state index contributed by atoms with van der Waals surface area (Å²) in [7, 11) is 0. The predicted molar refractivity (Wildman–Crippen MR) is 131 cm³/mol. The van der Waals surface area contributed by atoms with Crippen LogP contribution in [-0.2, 0) is 9.59 Å². The van der Waals surface area contributed by atoms with Crippen LogP contribution in [0.3, 0.4) is 0 Å². The van der Waals surface area contributed by atoms with Crippen LogP contribution in [0.4, 0.5) is 17.1 Å². The molecule has 4 rings (SSSR count). The zero-order valence-corrected chi connectivity index (χ0v) is 19.3. The first-order chi connectivity index (χ1) is 15.8. The summed E-state index contributed by atoms with van der Waals surface area (Å²) < 4.78 is 0. The van der Waals surface area contributed by atoms with Crippen molar-refractivity contribution in [1.29, 1.82) is 0 Å². The van der Waals surface area contributed by atoms with E-state index >= 15 is 0 Å². The van der Waals surface area contributed by atoms with Crippen molar-refractivity contribution >= 4 is 58.0 Å². The second-order valence-electron chi connectivity index (χ2n) is 7.55. The van der Waals surface area contributed by atoms with E-state index in [1.807, 2.05) is 19.1 Å². The van der Waals surface area contributed by atoms with Gasteiger partial charge in [-0.3, -0.25) is 14.4 Å². The van der Waals surface area contributed by atoms with Gasteiger partial charge in [0, 0.05) is 22.0 Å². The fourth-order valence-electron chi connectivity index (χ4n) is 3.40. The summed E-state index contributed by atoms with van der Waals surface area (Å²) >= 11 is 12.3. The van der Waals surface area contributed by atoms with Crippen molar-refractivity contribution < 1.29 is 14.4 Å². The van der Waals surface area contributed by atoms with Gasteiger partial charge in [-0.25, -0.2) is 4.90 Å². The lowest BCUT2D eigenvalue weighted by Crippen LogP contribution is -2.32. The van der Waals surface area contributed by atoms with E-state index in [1.54, 1.807) is 61.5 Å². The van der Waals surface area contributed by atoms with E-state index < -0.39 is 11.8 Å². The molecule has 1 heterocycles. The number of nitrogens with zero attached hydrogens (tertiary/aromatic N) is 1. The van der Waals surface area contributed by atoms with Crippen molar-refractivity contribution in [2.75, 3.05) is 15.5 Å². The number of aryl methyl sites for hydroxylation is 2. The molecule has 0 unspecified atom stereocenters. The molecule has 33 heavy (non-hydrogen) atoms. The van der Waals surface area contributed by atoms with Crippen LogP contribution in [0.1, 0.15) is 21.5 Å². The topological polar surface area (TPSA) is 78.5 Å². The highest BCUT2D eigenvalue weighted by atomic mass is 35.5. The van der Waals surface area contributed by atoms with Gasteiger partial charge in [-0.05, 0) is 61.4 Å². The zero-order chi connectivity index (χ0) is 23.7. The number of nitrogens with one attached hydrogen (secondary N) is 2. The monoisotopic (exact) mass is 479 g/mol. The fraction of sp³-hybridized carbons (Fsp3) is 0.0800. The van der Waals surface area contributed by atoms with Gasteiger partial charge in [0.1, 0.15) is 10.7 Å². The van der Waals surface area contributed by atoms with E-state index in [0.717, 1.165) is 16.0 Å². The minimum Gasteiger partial charge on any atom is -0.350 e. The summed E-state index contributed by atoms with van der Waals surface area (Å²) in [5.41, 5.74) is 3.43. The third kappa shape index (κ3) is 4.49. The molecule has 0 radical (unpaired) electrons. The molecule has 6 nitrogen and oxygen atoms in total. The quantitative estimate of drug-likeness (QED) is 0.463. The molecule has 0 atom stereocenters. The number of halogens is 2. The highest BCUT2D eigenvalue weighted by molar-refractivity contribution is 6.53. The summed E-state index contributed by atoms with van der Waals surface area (Å²) in [6.07, 6.45) is 0. The normalized spacial score (nSPS) is 13.5. The van der Waals surface area contributed by atoms with E-state index in [4.69, 9.17) is 23.2 Å². The number of carbonyl (C=O) groups excluding carboxylic acids is 3. The third-order valence-electron chi connectivity index (χ3n) is 5.21. The first kappa shape index (κ1) is 22.6. The smallest absolute Gasteiger partial charge is 0.283 e. The Labute approximate surface area is 200 Å². The number of carbonyl (C=O) groups is 3. The Morgan fingerprint density at radius 3 is 2.30 bits per heavy atom. The number of imide groups is 1. The molecule has 3 aromatic carbocycles. The van der Waals surface area contributed by atoms with Crippen LogP contribution in [0.25, 0.3) is 0 Å². The average Bonchev–Trinajstić information content (AvgIpc) is 3.00. The van der Waals surface area contributed by atoms with Crippen LogP contribution in [-0.4, -0.2) is 17.7 Å². The van der Waals surface area contributed by atoms with Crippen LogP contribution in [0.2, 0.25) is 5.02 Å². The number of amides is 3. The van der Waals surface area contributed by atoms with Crippen molar-refractivity contribution in [3.63, 3.8) is 0 Å². The van der Waals surface area contributed by atoms with Gasteiger partial charge >= 0.3 is 0 Å². The third-order valence-corrected chi connectivity index (χ3v) is 5.97. The van der Waals surface area contributed by atoms with E-state index in [0.29, 0.717) is 27.6 Å². The van der Waals surface area contributed by atoms with Crippen LogP contribution in [0.15, 0.2) is 77.5 Å². The second-order valence-corrected chi connectivity index (χ2v) is 8.33. The van der Waals surface area contributed by atoms with Crippen molar-refractivity contribution in [2.24, 2.45) is 0 Å². The van der Waals surface area contributed by atoms with Crippen LogP contribution >= 0.6 is 23.2 Å². The number of benzene rings is 3. The summed E-state index contributed by atoms with van der Waals surface area (Å²) in [6.45, 7) is 3.68. The molecule has 1 aliphatic heterocycles. The molecule has 166 valence electrons. The molecule has 0 spiro atoms. The minimum absolute atomic E-state index is 0.0483. The Hall–Kier alpha value is -3.61. The Bertz CT molecular complexity index is 1330. The van der Waals surface area contributed by atoms with Gasteiger partial charge in [-0.2, -0.15) is 0 Å². The molecule has 3 aromatic rings. The second kappa shape index (κ2) is 9.10. The van der Waals surface area contributed by atoms with Gasteiger partial charge in [0.05, 0.1) is 5.69 Å². The molecule has 2 N–H and O–H groups in total. The highest BCUT2D eigenvalue weighted by Crippen LogP contribution is 2.32. The van der Waals surface area contributed by atoms with Gasteiger partial charge in [-0.15, -0.1) is 0 Å². The Morgan fingerprint density at radius 1 is 0.818 bits per heavy atom. The maximum atomic E-state index is 13.0. The number of hydrogen-bond acceptors (Lipinski definition) is 4.